The lowest BCUT2D eigenvalue weighted by Gasteiger charge is -2.08. The van der Waals surface area contributed by atoms with Gasteiger partial charge in [-0.05, 0) is 47.5 Å². The summed E-state index contributed by atoms with van der Waals surface area (Å²) in [4.78, 5) is 12.2. The Hall–Kier alpha value is -3.19. The molecule has 144 valence electrons. The van der Waals surface area contributed by atoms with E-state index in [-0.39, 0.29) is 11.7 Å². The SMILES string of the molecule is O=C(NCc1ccccc1)c1ccc(COc2ccc(OS(=O)F)cc2)cc1. The third-order valence-corrected chi connectivity index (χ3v) is 4.23. The average molecular weight is 399 g/mol. The zero-order valence-corrected chi connectivity index (χ0v) is 15.7. The molecule has 1 N–H and O–H groups in total. The zero-order valence-electron chi connectivity index (χ0n) is 14.8. The number of carbonyl (C=O) groups is 1. The number of hydrogen-bond donors (Lipinski definition) is 1. The molecule has 0 fully saturated rings. The standard InChI is InChI=1S/C21H18FNO4S/c22-28(25)27-20-12-10-19(11-13-20)26-15-17-6-8-18(9-7-17)21(24)23-14-16-4-2-1-3-5-16/h1-13H,14-15H2,(H,23,24). The smallest absolute Gasteiger partial charge is 0.401 e. The van der Waals surface area contributed by atoms with Gasteiger partial charge in [0.25, 0.3) is 5.91 Å². The fourth-order valence-electron chi connectivity index (χ4n) is 2.47. The molecule has 3 aromatic rings. The van der Waals surface area contributed by atoms with E-state index in [4.69, 9.17) is 4.74 Å². The highest BCUT2D eigenvalue weighted by Crippen LogP contribution is 2.19. The molecule has 0 aliphatic heterocycles. The van der Waals surface area contributed by atoms with E-state index in [1.54, 1.807) is 24.3 Å². The van der Waals surface area contributed by atoms with Crippen molar-refractivity contribution in [1.29, 1.82) is 0 Å². The van der Waals surface area contributed by atoms with Crippen LogP contribution in [0.5, 0.6) is 11.5 Å². The summed E-state index contributed by atoms with van der Waals surface area (Å²) < 4.78 is 32.7. The first-order chi connectivity index (χ1) is 13.6. The van der Waals surface area contributed by atoms with E-state index in [1.165, 1.54) is 12.1 Å². The third-order valence-electron chi connectivity index (χ3n) is 3.90. The number of hydrogen-bond acceptors (Lipinski definition) is 4. The molecule has 0 aliphatic carbocycles. The second kappa shape index (κ2) is 9.66. The van der Waals surface area contributed by atoms with Gasteiger partial charge in [0, 0.05) is 12.1 Å². The number of nitrogens with one attached hydrogen (secondary N) is 1. The largest absolute Gasteiger partial charge is 0.489 e. The van der Waals surface area contributed by atoms with Crippen molar-refractivity contribution < 1.29 is 21.8 Å². The molecule has 0 saturated heterocycles. The molecule has 1 unspecified atom stereocenters. The van der Waals surface area contributed by atoms with Crippen LogP contribution in [0, 0.1) is 0 Å². The van der Waals surface area contributed by atoms with Crippen molar-refractivity contribution in [3.8, 4) is 11.5 Å². The molecule has 5 nitrogen and oxygen atoms in total. The molecule has 0 heterocycles. The van der Waals surface area contributed by atoms with Crippen LogP contribution in [-0.2, 0) is 24.6 Å². The predicted molar refractivity (Wildman–Crippen MR) is 105 cm³/mol. The molecule has 0 aliphatic rings. The van der Waals surface area contributed by atoms with Crippen molar-refractivity contribution in [3.63, 3.8) is 0 Å². The summed E-state index contributed by atoms with van der Waals surface area (Å²) in [5.41, 5.74) is 2.50. The third kappa shape index (κ3) is 5.92. The van der Waals surface area contributed by atoms with Crippen LogP contribution < -0.4 is 14.2 Å². The Balaban J connectivity index is 1.50. The number of carbonyl (C=O) groups excluding carboxylic acids is 1. The maximum Gasteiger partial charge on any atom is 0.401 e. The highest BCUT2D eigenvalue weighted by atomic mass is 32.2. The minimum atomic E-state index is -2.85. The van der Waals surface area contributed by atoms with Gasteiger partial charge in [0.05, 0.1) is 0 Å². The number of halogens is 1. The van der Waals surface area contributed by atoms with Gasteiger partial charge in [0.2, 0.25) is 0 Å². The van der Waals surface area contributed by atoms with Crippen LogP contribution in [0.15, 0.2) is 78.9 Å². The Morgan fingerprint density at radius 1 is 0.857 bits per heavy atom. The normalized spacial score (nSPS) is 11.5. The topological polar surface area (TPSA) is 64.6 Å². The highest BCUT2D eigenvalue weighted by molar-refractivity contribution is 7.75. The minimum Gasteiger partial charge on any atom is -0.489 e. The minimum absolute atomic E-state index is 0.142. The van der Waals surface area contributed by atoms with Gasteiger partial charge < -0.3 is 14.2 Å². The number of ether oxygens (including phenoxy) is 1. The van der Waals surface area contributed by atoms with Crippen molar-refractivity contribution in [2.75, 3.05) is 0 Å². The summed E-state index contributed by atoms with van der Waals surface area (Å²) in [5, 5.41) is 2.88. The van der Waals surface area contributed by atoms with Gasteiger partial charge in [-0.3, -0.25) is 4.79 Å². The first kappa shape index (κ1) is 19.6. The maximum absolute atomic E-state index is 12.3. The number of amides is 1. The van der Waals surface area contributed by atoms with E-state index in [0.717, 1.165) is 11.1 Å². The van der Waals surface area contributed by atoms with Crippen LogP contribution >= 0.6 is 0 Å². The zero-order chi connectivity index (χ0) is 19.8. The summed E-state index contributed by atoms with van der Waals surface area (Å²) in [7, 11) is 0. The summed E-state index contributed by atoms with van der Waals surface area (Å²) in [5.74, 6) is 0.567. The van der Waals surface area contributed by atoms with Crippen molar-refractivity contribution in [2.45, 2.75) is 13.2 Å². The Morgan fingerprint density at radius 3 is 2.14 bits per heavy atom. The fourth-order valence-corrected chi connectivity index (χ4v) is 2.73. The van der Waals surface area contributed by atoms with Crippen LogP contribution in [-0.4, -0.2) is 10.1 Å². The Morgan fingerprint density at radius 2 is 1.50 bits per heavy atom. The van der Waals surface area contributed by atoms with E-state index >= 15 is 0 Å². The first-order valence-electron chi connectivity index (χ1n) is 8.50. The van der Waals surface area contributed by atoms with E-state index in [2.05, 4.69) is 9.50 Å². The summed E-state index contributed by atoms with van der Waals surface area (Å²) in [6, 6.07) is 22.9. The van der Waals surface area contributed by atoms with Gasteiger partial charge in [0.1, 0.15) is 18.1 Å². The Labute approximate surface area is 165 Å². The van der Waals surface area contributed by atoms with Crippen molar-refractivity contribution in [2.24, 2.45) is 0 Å². The molecule has 3 aromatic carbocycles. The second-order valence-corrected chi connectivity index (χ2v) is 6.46. The van der Waals surface area contributed by atoms with Gasteiger partial charge in [-0.1, -0.05) is 46.4 Å². The Kier molecular flexibility index (Phi) is 6.75. The molecule has 28 heavy (non-hydrogen) atoms. The monoisotopic (exact) mass is 399 g/mol. The molecular formula is C21H18FNO4S. The van der Waals surface area contributed by atoms with Crippen molar-refractivity contribution in [1.82, 2.24) is 5.32 Å². The molecule has 3 rings (SSSR count). The lowest BCUT2D eigenvalue weighted by Crippen LogP contribution is -2.22. The molecule has 0 saturated carbocycles. The van der Waals surface area contributed by atoms with E-state index in [9.17, 15) is 12.9 Å². The summed E-state index contributed by atoms with van der Waals surface area (Å²) in [6.45, 7) is 0.779. The quantitative estimate of drug-likeness (QED) is 0.579. The van der Waals surface area contributed by atoms with E-state index in [0.29, 0.717) is 24.5 Å². The van der Waals surface area contributed by atoms with Crippen LogP contribution in [0.2, 0.25) is 0 Å². The van der Waals surface area contributed by atoms with Crippen LogP contribution in [0.4, 0.5) is 3.89 Å². The van der Waals surface area contributed by atoms with Gasteiger partial charge in [-0.25, -0.2) is 0 Å². The van der Waals surface area contributed by atoms with Gasteiger partial charge >= 0.3 is 11.5 Å². The van der Waals surface area contributed by atoms with Crippen LogP contribution in [0.1, 0.15) is 21.5 Å². The maximum atomic E-state index is 12.3. The van der Waals surface area contributed by atoms with Crippen molar-refractivity contribution >= 4 is 17.4 Å². The first-order valence-corrected chi connectivity index (χ1v) is 9.48. The van der Waals surface area contributed by atoms with E-state index in [1.807, 2.05) is 42.5 Å². The van der Waals surface area contributed by atoms with Crippen LogP contribution in [0.3, 0.4) is 0 Å². The van der Waals surface area contributed by atoms with Gasteiger partial charge in [-0.15, -0.1) is 0 Å². The molecule has 0 aromatic heterocycles. The molecular weight excluding hydrogens is 381 g/mol. The molecule has 1 amide bonds. The summed E-state index contributed by atoms with van der Waals surface area (Å²) >= 11 is -2.85. The average Bonchev–Trinajstić information content (AvgIpc) is 2.72. The molecule has 0 spiro atoms. The summed E-state index contributed by atoms with van der Waals surface area (Å²) in [6.07, 6.45) is 0. The van der Waals surface area contributed by atoms with Gasteiger partial charge in [-0.2, -0.15) is 4.21 Å². The number of rotatable bonds is 8. The molecule has 0 radical (unpaired) electrons. The van der Waals surface area contributed by atoms with Crippen molar-refractivity contribution in [3.05, 3.63) is 95.6 Å². The molecule has 1 atom stereocenters. The van der Waals surface area contributed by atoms with Crippen LogP contribution in [0.25, 0.3) is 0 Å². The van der Waals surface area contributed by atoms with Gasteiger partial charge in [0.15, 0.2) is 0 Å². The number of benzene rings is 3. The fraction of sp³-hybridized carbons (Fsp3) is 0.0952. The van der Waals surface area contributed by atoms with E-state index < -0.39 is 11.5 Å². The lowest BCUT2D eigenvalue weighted by atomic mass is 10.1. The molecule has 7 heteroatoms. The molecule has 0 bridgehead atoms. The second-order valence-electron chi connectivity index (χ2n) is 5.90. The Bertz CT molecular complexity index is 931. The highest BCUT2D eigenvalue weighted by Gasteiger charge is 2.06. The lowest BCUT2D eigenvalue weighted by molar-refractivity contribution is 0.0951. The predicted octanol–water partition coefficient (Wildman–Crippen LogP) is 4.12.